The van der Waals surface area contributed by atoms with E-state index < -0.39 is 114 Å². The normalized spacial score (nSPS) is 18.7. The first-order chi connectivity index (χ1) is 35.1. The summed E-state index contributed by atoms with van der Waals surface area (Å²) >= 11 is 1.38. The summed E-state index contributed by atoms with van der Waals surface area (Å²) in [5, 5.41) is 56.2. The number of aliphatic hydroxyl groups is 2. The number of carboxylic acids is 1. The summed E-state index contributed by atoms with van der Waals surface area (Å²) in [7, 11) is 0. The smallest absolute Gasteiger partial charge is 0.326 e. The lowest BCUT2D eigenvalue weighted by Crippen LogP contribution is -2.62. The van der Waals surface area contributed by atoms with Crippen LogP contribution in [0, 0.1) is 11.8 Å². The van der Waals surface area contributed by atoms with Crippen LogP contribution >= 0.6 is 11.8 Å². The molecule has 74 heavy (non-hydrogen) atoms. The van der Waals surface area contributed by atoms with Crippen molar-refractivity contribution in [3.8, 4) is 5.75 Å². The Bertz CT molecular complexity index is 2250. The van der Waals surface area contributed by atoms with Crippen LogP contribution in [0.5, 0.6) is 5.75 Å². The van der Waals surface area contributed by atoms with Crippen LogP contribution in [0.4, 0.5) is 0 Å². The number of hydrogen-bond donors (Lipinski definition) is 11. The first-order valence-corrected chi connectivity index (χ1v) is 26.5. The summed E-state index contributed by atoms with van der Waals surface area (Å²) in [5.41, 5.74) is 7.23. The maximum Gasteiger partial charge on any atom is 0.326 e. The number of thioether (sulfide) groups is 1. The fraction of sp³-hybridized carbons (Fsp3) is 0.588. The molecule has 2 aliphatic heterocycles. The Kier molecular flexibility index (Phi) is 23.6. The van der Waals surface area contributed by atoms with Crippen LogP contribution in [0.2, 0.25) is 0 Å². The molecule has 2 aromatic rings. The summed E-state index contributed by atoms with van der Waals surface area (Å²) in [6.45, 7) is 8.05. The van der Waals surface area contributed by atoms with Crippen LogP contribution in [-0.4, -0.2) is 176 Å². The third kappa shape index (κ3) is 17.4. The average Bonchev–Trinajstić information content (AvgIpc) is 4.07. The van der Waals surface area contributed by atoms with Gasteiger partial charge in [-0.2, -0.15) is 11.8 Å². The predicted molar refractivity (Wildman–Crippen MR) is 275 cm³/mol. The Morgan fingerprint density at radius 2 is 1.19 bits per heavy atom. The number of aromatic hydroxyl groups is 1. The zero-order valence-corrected chi connectivity index (χ0v) is 43.8. The molecule has 0 bridgehead atoms. The third-order valence-electron chi connectivity index (χ3n) is 13.0. The zero-order valence-electron chi connectivity index (χ0n) is 43.0. The highest BCUT2D eigenvalue weighted by atomic mass is 32.2. The van der Waals surface area contributed by atoms with E-state index in [1.807, 2.05) is 13.8 Å². The monoisotopic (exact) mass is 1050 g/mol. The molecule has 0 aromatic heterocycles. The molecule has 0 saturated carbocycles. The number of nitrogens with one attached hydrogen (secondary N) is 6. The second kappa shape index (κ2) is 29.0. The van der Waals surface area contributed by atoms with E-state index in [0.717, 1.165) is 0 Å². The molecule has 10 atom stereocenters. The summed E-state index contributed by atoms with van der Waals surface area (Å²) in [4.78, 5) is 126. The van der Waals surface area contributed by atoms with Crippen molar-refractivity contribution in [2.75, 3.05) is 31.7 Å². The molecule has 0 spiro atoms. The lowest BCUT2D eigenvalue weighted by molar-refractivity contribution is -0.147. The second-order valence-corrected chi connectivity index (χ2v) is 20.7. The Balaban J connectivity index is 1.48. The number of hydrogen-bond acceptors (Lipinski definition) is 14. The number of amides is 8. The van der Waals surface area contributed by atoms with Crippen LogP contribution in [0.1, 0.15) is 84.3 Å². The highest BCUT2D eigenvalue weighted by molar-refractivity contribution is 7.98. The van der Waals surface area contributed by atoms with Crippen LogP contribution in [0.25, 0.3) is 0 Å². The largest absolute Gasteiger partial charge is 0.508 e. The SMILES string of the molecule is CSCC[C@H](NC(=O)[C@H](CC(C)C)NC(=O)[C@@H](NC(=O)[C@H](Cc1ccccc1)NC(=O)[C@H](CO)NC(=O)[C@@H]1CCCN1C(=O)[C@@H]1CCCN1C(=O)[C@@H](N)C(C)C)[C@@H](C)O)C(=O)N[C@@H](Cc1ccc(O)cc1)C(=O)O. The maximum absolute atomic E-state index is 14.2. The molecule has 22 nitrogen and oxygen atoms in total. The molecule has 0 radical (unpaired) electrons. The fourth-order valence-electron chi connectivity index (χ4n) is 8.79. The van der Waals surface area contributed by atoms with Crippen LogP contribution in [-0.2, 0) is 56.0 Å². The van der Waals surface area contributed by atoms with Crippen molar-refractivity contribution in [3.05, 3.63) is 65.7 Å². The van der Waals surface area contributed by atoms with Crippen LogP contribution in [0.3, 0.4) is 0 Å². The van der Waals surface area contributed by atoms with Gasteiger partial charge in [-0.1, -0.05) is 70.2 Å². The van der Waals surface area contributed by atoms with E-state index in [-0.39, 0.29) is 62.1 Å². The number of aliphatic carboxylic acids is 1. The van der Waals surface area contributed by atoms with Crippen molar-refractivity contribution in [2.24, 2.45) is 17.6 Å². The molecular formula is C51H75N9O13S. The number of rotatable bonds is 27. The number of aliphatic hydroxyl groups excluding tert-OH is 2. The van der Waals surface area contributed by atoms with E-state index in [2.05, 4.69) is 31.9 Å². The summed E-state index contributed by atoms with van der Waals surface area (Å²) in [5.74, 6) is -7.38. The molecule has 8 amide bonds. The van der Waals surface area contributed by atoms with Gasteiger partial charge in [-0.3, -0.25) is 38.4 Å². The minimum absolute atomic E-state index is 0.0251. The molecule has 2 aromatic carbocycles. The quantitative estimate of drug-likeness (QED) is 0.0528. The number of phenolic OH excluding ortho intramolecular Hbond substituents is 1. The topological polar surface area (TPSA) is 339 Å². The predicted octanol–water partition coefficient (Wildman–Crippen LogP) is -0.692. The van der Waals surface area contributed by atoms with Gasteiger partial charge in [0.15, 0.2) is 0 Å². The number of nitrogens with zero attached hydrogens (tertiary/aromatic N) is 2. The number of likely N-dealkylation sites (tertiary alicyclic amines) is 2. The van der Waals surface area contributed by atoms with Crippen molar-refractivity contribution >= 4 is 65.0 Å². The molecule has 2 saturated heterocycles. The lowest BCUT2D eigenvalue weighted by atomic mass is 10.0. The number of benzene rings is 2. The minimum Gasteiger partial charge on any atom is -0.508 e. The van der Waals surface area contributed by atoms with Gasteiger partial charge in [0.25, 0.3) is 0 Å². The molecule has 4 rings (SSSR count). The molecule has 2 aliphatic rings. The Labute approximate surface area is 436 Å². The average molecular weight is 1050 g/mol. The minimum atomic E-state index is -1.71. The van der Waals surface area contributed by atoms with Crippen molar-refractivity contribution < 1.29 is 63.6 Å². The maximum atomic E-state index is 14.2. The van der Waals surface area contributed by atoms with Crippen LogP contribution < -0.4 is 37.6 Å². The number of carbonyl (C=O) groups is 9. The Hall–Kier alpha value is -6.30. The van der Waals surface area contributed by atoms with Gasteiger partial charge in [0.05, 0.1) is 18.8 Å². The molecular weight excluding hydrogens is 979 g/mol. The van der Waals surface area contributed by atoms with E-state index >= 15 is 0 Å². The molecule has 408 valence electrons. The molecule has 2 fully saturated rings. The number of carbonyl (C=O) groups excluding carboxylic acids is 8. The van der Waals surface area contributed by atoms with Crippen molar-refractivity contribution in [1.82, 2.24) is 41.7 Å². The van der Waals surface area contributed by atoms with Gasteiger partial charge in [0.2, 0.25) is 47.3 Å². The lowest BCUT2D eigenvalue weighted by Gasteiger charge is -2.33. The van der Waals surface area contributed by atoms with Gasteiger partial charge in [-0.05, 0) is 92.6 Å². The molecule has 23 heteroatoms. The molecule has 0 aliphatic carbocycles. The standard InChI is InChI=1S/C51H75N9O13S/c1-28(2)24-35(44(65)53-34(20-23-74-6)43(64)56-37(51(72)73)26-32-16-18-33(63)19-17-32)55-48(69)42(30(5)62)58-45(66)36(25-31-12-8-7-9-13-31)54-46(67)38(27-61)57-47(68)39-14-10-21-59(39)49(70)40-15-11-22-60(40)50(71)41(52)29(3)4/h7-9,12-13,16-19,28-30,34-42,61-63H,10-11,14-15,20-27,52H2,1-6H3,(H,53,65)(H,54,67)(H,55,69)(H,56,64)(H,57,68)(H,58,66)(H,72,73)/t30-,34+,35+,36+,37+,38+,39+,40+,41+,42+/m1/s1. The first kappa shape index (κ1) is 60.3. The Morgan fingerprint density at radius 1 is 0.662 bits per heavy atom. The van der Waals surface area contributed by atoms with Crippen molar-refractivity contribution in [2.45, 2.75) is 146 Å². The van der Waals surface area contributed by atoms with Crippen molar-refractivity contribution in [3.63, 3.8) is 0 Å². The second-order valence-electron chi connectivity index (χ2n) is 19.7. The highest BCUT2D eigenvalue weighted by Gasteiger charge is 2.44. The number of carboxylic acid groups (broad SMARTS) is 1. The molecule has 0 unspecified atom stereocenters. The van der Waals surface area contributed by atoms with Crippen LogP contribution in [0.15, 0.2) is 54.6 Å². The number of phenols is 1. The van der Waals surface area contributed by atoms with E-state index in [9.17, 15) is 63.6 Å². The molecule has 12 N–H and O–H groups in total. The highest BCUT2D eigenvalue weighted by Crippen LogP contribution is 2.26. The van der Waals surface area contributed by atoms with E-state index in [0.29, 0.717) is 42.7 Å². The van der Waals surface area contributed by atoms with E-state index in [1.54, 1.807) is 50.4 Å². The van der Waals surface area contributed by atoms with Gasteiger partial charge in [0.1, 0.15) is 54.1 Å². The summed E-state index contributed by atoms with van der Waals surface area (Å²) in [6.07, 6.45) is 1.72. The Morgan fingerprint density at radius 3 is 1.77 bits per heavy atom. The number of nitrogens with two attached hydrogens (primary N) is 1. The van der Waals surface area contributed by atoms with Gasteiger partial charge < -0.3 is 67.9 Å². The molecule has 2 heterocycles. The first-order valence-electron chi connectivity index (χ1n) is 25.1. The fourth-order valence-corrected chi connectivity index (χ4v) is 9.26. The van der Waals surface area contributed by atoms with Gasteiger partial charge in [0, 0.05) is 25.9 Å². The van der Waals surface area contributed by atoms with Crippen molar-refractivity contribution in [1.29, 1.82) is 0 Å². The third-order valence-corrected chi connectivity index (χ3v) is 13.7. The zero-order chi connectivity index (χ0) is 54.8. The summed E-state index contributed by atoms with van der Waals surface area (Å²) in [6, 6.07) is 2.88. The summed E-state index contributed by atoms with van der Waals surface area (Å²) < 4.78 is 0. The van der Waals surface area contributed by atoms with E-state index in [1.165, 1.54) is 52.8 Å². The van der Waals surface area contributed by atoms with Gasteiger partial charge >= 0.3 is 5.97 Å². The van der Waals surface area contributed by atoms with Gasteiger partial charge in [-0.15, -0.1) is 0 Å². The van der Waals surface area contributed by atoms with Gasteiger partial charge in [-0.25, -0.2) is 4.79 Å². The van der Waals surface area contributed by atoms with E-state index in [4.69, 9.17) is 5.73 Å².